The zero-order valence-corrected chi connectivity index (χ0v) is 20.6. The molecule has 0 aliphatic carbocycles. The van der Waals surface area contributed by atoms with Crippen molar-refractivity contribution in [3.05, 3.63) is 65.2 Å². The average molecular weight is 523 g/mol. The molecular formula is C24H34IN3O2. The summed E-state index contributed by atoms with van der Waals surface area (Å²) in [5.74, 6) is 1.71. The van der Waals surface area contributed by atoms with Gasteiger partial charge in [-0.05, 0) is 55.5 Å². The zero-order chi connectivity index (χ0) is 20.5. The maximum Gasteiger partial charge on any atom is 0.191 e. The molecule has 0 unspecified atom stereocenters. The van der Waals surface area contributed by atoms with Gasteiger partial charge in [0.1, 0.15) is 5.75 Å². The first-order valence-electron chi connectivity index (χ1n) is 10.5. The van der Waals surface area contributed by atoms with Crippen molar-refractivity contribution < 1.29 is 9.47 Å². The topological polar surface area (TPSA) is 54.9 Å². The maximum absolute atomic E-state index is 5.68. The molecule has 1 heterocycles. The van der Waals surface area contributed by atoms with E-state index < -0.39 is 0 Å². The fraction of sp³-hybridized carbons (Fsp3) is 0.458. The van der Waals surface area contributed by atoms with Gasteiger partial charge in [0.15, 0.2) is 5.96 Å². The van der Waals surface area contributed by atoms with Gasteiger partial charge in [-0.3, -0.25) is 0 Å². The minimum atomic E-state index is 0. The second kappa shape index (κ2) is 12.2. The molecule has 0 spiro atoms. The quantitative estimate of drug-likeness (QED) is 0.321. The van der Waals surface area contributed by atoms with E-state index in [1.807, 2.05) is 12.1 Å². The van der Waals surface area contributed by atoms with Crippen LogP contribution in [0, 0.1) is 6.92 Å². The molecule has 2 aromatic rings. The number of hydrogen-bond donors (Lipinski definition) is 2. The lowest BCUT2D eigenvalue weighted by molar-refractivity contribution is 0.0512. The van der Waals surface area contributed by atoms with Crippen LogP contribution in [-0.4, -0.2) is 39.4 Å². The molecule has 0 radical (unpaired) electrons. The fourth-order valence-electron chi connectivity index (χ4n) is 3.97. The first-order chi connectivity index (χ1) is 14.2. The number of benzene rings is 2. The van der Waals surface area contributed by atoms with Gasteiger partial charge in [-0.25, -0.2) is 4.99 Å². The molecule has 0 bridgehead atoms. The lowest BCUT2D eigenvalue weighted by Gasteiger charge is -2.39. The van der Waals surface area contributed by atoms with Crippen molar-refractivity contribution in [2.45, 2.75) is 38.6 Å². The number of aryl methyl sites for hydroxylation is 1. The van der Waals surface area contributed by atoms with Crippen LogP contribution in [0.2, 0.25) is 0 Å². The van der Waals surface area contributed by atoms with Gasteiger partial charge in [-0.15, -0.1) is 24.0 Å². The van der Waals surface area contributed by atoms with E-state index in [9.17, 15) is 0 Å². The van der Waals surface area contributed by atoms with Crippen LogP contribution in [0.3, 0.4) is 0 Å². The fourth-order valence-corrected chi connectivity index (χ4v) is 3.97. The third-order valence-corrected chi connectivity index (χ3v) is 5.68. The molecule has 164 valence electrons. The van der Waals surface area contributed by atoms with E-state index in [2.05, 4.69) is 60.9 Å². The molecule has 3 rings (SSSR count). The molecular weight excluding hydrogens is 489 g/mol. The Morgan fingerprint density at radius 3 is 2.40 bits per heavy atom. The van der Waals surface area contributed by atoms with Crippen molar-refractivity contribution in [1.29, 1.82) is 0 Å². The lowest BCUT2D eigenvalue weighted by Crippen LogP contribution is -2.48. The Morgan fingerprint density at radius 2 is 1.77 bits per heavy atom. The molecule has 5 nitrogen and oxygen atoms in total. The summed E-state index contributed by atoms with van der Waals surface area (Å²) >= 11 is 0. The Morgan fingerprint density at radius 1 is 1.07 bits per heavy atom. The number of ether oxygens (including phenoxy) is 2. The normalized spacial score (nSPS) is 15.8. The number of guanidine groups is 1. The lowest BCUT2D eigenvalue weighted by atomic mass is 9.72. The smallest absolute Gasteiger partial charge is 0.191 e. The number of nitrogens with one attached hydrogen (secondary N) is 2. The molecule has 1 aliphatic heterocycles. The SMILES string of the molecule is CCNC(=NCc1ccc(OC)cc1)NCC1(c2ccccc2C)CCOCC1.I. The van der Waals surface area contributed by atoms with Gasteiger partial charge in [-0.1, -0.05) is 36.4 Å². The first kappa shape index (κ1) is 24.5. The number of rotatable bonds is 7. The molecule has 2 N–H and O–H groups in total. The van der Waals surface area contributed by atoms with Crippen molar-refractivity contribution in [1.82, 2.24) is 10.6 Å². The number of halogens is 1. The van der Waals surface area contributed by atoms with Crippen molar-refractivity contribution in [2.75, 3.05) is 33.4 Å². The second-order valence-corrected chi connectivity index (χ2v) is 7.60. The van der Waals surface area contributed by atoms with Crippen LogP contribution in [0.4, 0.5) is 0 Å². The standard InChI is InChI=1S/C24H33N3O2.HI/c1-4-25-23(26-17-20-9-11-21(28-3)12-10-20)27-18-24(13-15-29-16-14-24)22-8-6-5-7-19(22)2;/h5-12H,4,13-18H2,1-3H3,(H2,25,26,27);1H. The Labute approximate surface area is 197 Å². The van der Waals surface area contributed by atoms with E-state index in [0.29, 0.717) is 6.54 Å². The van der Waals surface area contributed by atoms with Crippen molar-refractivity contribution in [3.63, 3.8) is 0 Å². The van der Waals surface area contributed by atoms with Crippen molar-refractivity contribution in [2.24, 2.45) is 4.99 Å². The minimum Gasteiger partial charge on any atom is -0.497 e. The van der Waals surface area contributed by atoms with Crippen molar-refractivity contribution >= 4 is 29.9 Å². The van der Waals surface area contributed by atoms with Gasteiger partial charge >= 0.3 is 0 Å². The molecule has 0 saturated carbocycles. The van der Waals surface area contributed by atoms with Crippen LogP contribution in [0.15, 0.2) is 53.5 Å². The summed E-state index contributed by atoms with van der Waals surface area (Å²) in [6, 6.07) is 16.8. The molecule has 30 heavy (non-hydrogen) atoms. The van der Waals surface area contributed by atoms with E-state index in [0.717, 1.165) is 56.4 Å². The zero-order valence-electron chi connectivity index (χ0n) is 18.2. The molecule has 0 aromatic heterocycles. The molecule has 1 fully saturated rings. The van der Waals surface area contributed by atoms with Gasteiger partial charge in [-0.2, -0.15) is 0 Å². The van der Waals surface area contributed by atoms with Crippen LogP contribution in [-0.2, 0) is 16.7 Å². The number of aliphatic imine (C=N–C) groups is 1. The summed E-state index contributed by atoms with van der Waals surface area (Å²) < 4.78 is 10.9. The predicted octanol–water partition coefficient (Wildman–Crippen LogP) is 4.43. The highest BCUT2D eigenvalue weighted by Gasteiger charge is 2.35. The van der Waals surface area contributed by atoms with Crippen molar-refractivity contribution in [3.8, 4) is 5.75 Å². The number of nitrogens with zero attached hydrogens (tertiary/aromatic N) is 1. The summed E-state index contributed by atoms with van der Waals surface area (Å²) in [6.07, 6.45) is 2.03. The van der Waals surface area contributed by atoms with Crippen LogP contribution in [0.1, 0.15) is 36.5 Å². The summed E-state index contributed by atoms with van der Waals surface area (Å²) in [4.78, 5) is 4.79. The molecule has 1 aliphatic rings. The largest absolute Gasteiger partial charge is 0.497 e. The highest BCUT2D eigenvalue weighted by molar-refractivity contribution is 14.0. The van der Waals surface area contributed by atoms with E-state index >= 15 is 0 Å². The van der Waals surface area contributed by atoms with Crippen LogP contribution < -0.4 is 15.4 Å². The first-order valence-corrected chi connectivity index (χ1v) is 10.5. The summed E-state index contributed by atoms with van der Waals surface area (Å²) in [6.45, 7) is 8.20. The van der Waals surface area contributed by atoms with E-state index in [1.54, 1.807) is 7.11 Å². The molecule has 0 amide bonds. The summed E-state index contributed by atoms with van der Waals surface area (Å²) in [7, 11) is 1.68. The molecule has 6 heteroatoms. The minimum absolute atomic E-state index is 0. The van der Waals surface area contributed by atoms with E-state index in [-0.39, 0.29) is 29.4 Å². The van der Waals surface area contributed by atoms with Crippen LogP contribution in [0.5, 0.6) is 5.75 Å². The van der Waals surface area contributed by atoms with E-state index in [1.165, 1.54) is 11.1 Å². The third-order valence-electron chi connectivity index (χ3n) is 5.68. The number of methoxy groups -OCH3 is 1. The second-order valence-electron chi connectivity index (χ2n) is 7.60. The van der Waals surface area contributed by atoms with Gasteiger partial charge in [0.25, 0.3) is 0 Å². The molecule has 0 atom stereocenters. The monoisotopic (exact) mass is 523 g/mol. The Bertz CT molecular complexity index is 802. The number of hydrogen-bond acceptors (Lipinski definition) is 3. The highest BCUT2D eigenvalue weighted by atomic mass is 127. The van der Waals surface area contributed by atoms with Crippen LogP contribution >= 0.6 is 24.0 Å². The average Bonchev–Trinajstić information content (AvgIpc) is 2.77. The predicted molar refractivity (Wildman–Crippen MR) is 134 cm³/mol. The molecule has 1 saturated heterocycles. The van der Waals surface area contributed by atoms with Gasteiger partial charge in [0.2, 0.25) is 0 Å². The highest BCUT2D eigenvalue weighted by Crippen LogP contribution is 2.36. The van der Waals surface area contributed by atoms with Gasteiger partial charge < -0.3 is 20.1 Å². The maximum atomic E-state index is 5.68. The molecule has 2 aromatic carbocycles. The Balaban J connectivity index is 0.00000320. The summed E-state index contributed by atoms with van der Waals surface area (Å²) in [5.41, 5.74) is 3.99. The Kier molecular flexibility index (Phi) is 9.91. The third kappa shape index (κ3) is 6.35. The van der Waals surface area contributed by atoms with Crippen LogP contribution in [0.25, 0.3) is 0 Å². The summed E-state index contributed by atoms with van der Waals surface area (Å²) in [5, 5.41) is 6.99. The van der Waals surface area contributed by atoms with Gasteiger partial charge in [0, 0.05) is 31.7 Å². The van der Waals surface area contributed by atoms with Gasteiger partial charge in [0.05, 0.1) is 13.7 Å². The Hall–Kier alpha value is -1.80. The van der Waals surface area contributed by atoms with E-state index in [4.69, 9.17) is 14.5 Å².